The van der Waals surface area contributed by atoms with Crippen molar-refractivity contribution in [3.8, 4) is 5.75 Å². The van der Waals surface area contributed by atoms with E-state index < -0.39 is 36.6 Å². The second kappa shape index (κ2) is 10.7. The largest absolute Gasteiger partial charge is 0.457 e. The van der Waals surface area contributed by atoms with Crippen molar-refractivity contribution in [2.45, 2.75) is 25.2 Å². The average molecular weight is 449 g/mol. The molecule has 0 bridgehead atoms. The summed E-state index contributed by atoms with van der Waals surface area (Å²) < 4.78 is 43.8. The summed E-state index contributed by atoms with van der Waals surface area (Å²) in [6.45, 7) is -3.23. The van der Waals surface area contributed by atoms with Gasteiger partial charge in [0.2, 0.25) is 0 Å². The molecule has 0 saturated carbocycles. The first-order chi connectivity index (χ1) is 15.3. The summed E-state index contributed by atoms with van der Waals surface area (Å²) >= 11 is 0. The van der Waals surface area contributed by atoms with Crippen LogP contribution in [0.25, 0.3) is 0 Å². The van der Waals surface area contributed by atoms with Crippen molar-refractivity contribution in [1.82, 2.24) is 5.32 Å². The maximum Gasteiger partial charge on any atom is 0.408 e. The van der Waals surface area contributed by atoms with E-state index >= 15 is 0 Å². The van der Waals surface area contributed by atoms with E-state index in [9.17, 15) is 23.2 Å². The maximum absolute atomic E-state index is 12.2. The van der Waals surface area contributed by atoms with Gasteiger partial charge < -0.3 is 24.3 Å². The van der Waals surface area contributed by atoms with Gasteiger partial charge in [-0.2, -0.15) is 8.78 Å². The van der Waals surface area contributed by atoms with Crippen LogP contribution in [0.4, 0.5) is 13.6 Å². The Labute approximate surface area is 182 Å². The third kappa shape index (κ3) is 6.74. The first kappa shape index (κ1) is 23.1. The minimum absolute atomic E-state index is 0.0731. The Kier molecular flexibility index (Phi) is 7.72. The van der Waals surface area contributed by atoms with Crippen molar-refractivity contribution >= 4 is 17.8 Å². The summed E-state index contributed by atoms with van der Waals surface area (Å²) in [5.41, 5.74) is 0.0133. The minimum atomic E-state index is -2.97. The van der Waals surface area contributed by atoms with Gasteiger partial charge >= 0.3 is 18.7 Å². The smallest absolute Gasteiger partial charge is 0.408 e. The minimum Gasteiger partial charge on any atom is -0.457 e. The highest BCUT2D eigenvalue weighted by Gasteiger charge is 2.43. The number of ether oxygens (including phenoxy) is 4. The van der Waals surface area contributed by atoms with Crippen LogP contribution >= 0.6 is 0 Å². The van der Waals surface area contributed by atoms with Gasteiger partial charge in [-0.05, 0) is 29.8 Å². The zero-order chi connectivity index (χ0) is 23.0. The summed E-state index contributed by atoms with van der Waals surface area (Å²) in [6, 6.07) is 14.1. The summed E-state index contributed by atoms with van der Waals surface area (Å²) in [6.07, 6.45) is -0.908. The number of alkyl carbamates (subject to hydrolysis) is 1. The van der Waals surface area contributed by atoms with Crippen LogP contribution in [0.15, 0.2) is 54.6 Å². The molecule has 0 radical (unpaired) electrons. The molecule has 1 amide bonds. The third-order valence-electron chi connectivity index (χ3n) is 4.59. The van der Waals surface area contributed by atoms with Crippen LogP contribution in [0.1, 0.15) is 22.3 Å². The molecule has 2 aromatic carbocycles. The molecule has 1 heterocycles. The maximum atomic E-state index is 12.2. The number of Topliss-reactive ketones (excluding diaryl/α,β-unsaturated/α-hetero) is 1. The number of nitrogens with one attached hydrogen (secondary N) is 1. The molecule has 3 rings (SSSR count). The third-order valence-corrected chi connectivity index (χ3v) is 4.59. The SMILES string of the molecule is O=C(CC1(NC(=O)OCc2ccccc2)COC1)OCC(=O)c1ccc(OC(F)F)cc1. The van der Waals surface area contributed by atoms with Gasteiger partial charge in [-0.15, -0.1) is 0 Å². The highest BCUT2D eigenvalue weighted by Crippen LogP contribution is 2.22. The van der Waals surface area contributed by atoms with Crippen LogP contribution in [0, 0.1) is 0 Å². The van der Waals surface area contributed by atoms with Gasteiger partial charge in [0.1, 0.15) is 17.9 Å². The van der Waals surface area contributed by atoms with Crippen molar-refractivity contribution in [2.75, 3.05) is 19.8 Å². The lowest BCUT2D eigenvalue weighted by Crippen LogP contribution is -2.63. The van der Waals surface area contributed by atoms with Crippen LogP contribution in [-0.4, -0.2) is 49.8 Å². The molecule has 32 heavy (non-hydrogen) atoms. The molecule has 2 aromatic rings. The number of esters is 1. The predicted octanol–water partition coefficient (Wildman–Crippen LogP) is 3.10. The monoisotopic (exact) mass is 449 g/mol. The molecular formula is C22H21F2NO7. The molecule has 1 aliphatic heterocycles. The van der Waals surface area contributed by atoms with Gasteiger partial charge in [-0.3, -0.25) is 9.59 Å². The summed E-state index contributed by atoms with van der Waals surface area (Å²) in [5.74, 6) is -1.32. The van der Waals surface area contributed by atoms with E-state index in [2.05, 4.69) is 10.1 Å². The van der Waals surface area contributed by atoms with E-state index in [-0.39, 0.29) is 37.6 Å². The molecule has 0 aliphatic carbocycles. The van der Waals surface area contributed by atoms with Crippen molar-refractivity contribution in [2.24, 2.45) is 0 Å². The summed E-state index contributed by atoms with van der Waals surface area (Å²) in [4.78, 5) is 36.4. The van der Waals surface area contributed by atoms with E-state index in [1.165, 1.54) is 24.3 Å². The first-order valence-corrected chi connectivity index (χ1v) is 9.65. The number of carbonyl (C=O) groups excluding carboxylic acids is 3. The second-order valence-electron chi connectivity index (χ2n) is 7.12. The van der Waals surface area contributed by atoms with Crippen LogP contribution in [0.3, 0.4) is 0 Å². The number of amides is 1. The number of rotatable bonds is 10. The Morgan fingerprint density at radius 1 is 1.00 bits per heavy atom. The molecule has 170 valence electrons. The second-order valence-corrected chi connectivity index (χ2v) is 7.12. The van der Waals surface area contributed by atoms with Crippen molar-refractivity contribution in [3.05, 3.63) is 65.7 Å². The molecule has 10 heteroatoms. The Balaban J connectivity index is 1.44. The molecule has 1 N–H and O–H groups in total. The lowest BCUT2D eigenvalue weighted by atomic mass is 9.93. The van der Waals surface area contributed by atoms with Gasteiger partial charge in [0.25, 0.3) is 0 Å². The van der Waals surface area contributed by atoms with Crippen LogP contribution in [0.5, 0.6) is 5.75 Å². The standard InChI is InChI=1S/C22H21F2NO7/c23-20(24)32-17-8-6-16(7-9-17)18(26)12-30-19(27)10-22(13-29-14-22)25-21(28)31-11-15-4-2-1-3-5-15/h1-9,20H,10-14H2,(H,25,28). The number of ketones is 1. The molecule has 8 nitrogen and oxygen atoms in total. The van der Waals surface area contributed by atoms with Crippen LogP contribution in [-0.2, 0) is 25.6 Å². The van der Waals surface area contributed by atoms with Crippen LogP contribution in [0.2, 0.25) is 0 Å². The molecule has 0 atom stereocenters. The van der Waals surface area contributed by atoms with Gasteiger partial charge in [0, 0.05) is 5.56 Å². The molecule has 1 aliphatic rings. The van der Waals surface area contributed by atoms with Gasteiger partial charge in [-0.25, -0.2) is 4.79 Å². The lowest BCUT2D eigenvalue weighted by Gasteiger charge is -2.40. The van der Waals surface area contributed by atoms with Gasteiger partial charge in [0.05, 0.1) is 19.6 Å². The number of benzene rings is 2. The van der Waals surface area contributed by atoms with E-state index in [1.807, 2.05) is 30.3 Å². The number of alkyl halides is 2. The highest BCUT2D eigenvalue weighted by atomic mass is 19.3. The van der Waals surface area contributed by atoms with Gasteiger partial charge in [0.15, 0.2) is 12.4 Å². The Morgan fingerprint density at radius 2 is 1.69 bits per heavy atom. The fourth-order valence-electron chi connectivity index (χ4n) is 2.92. The molecule has 1 saturated heterocycles. The Hall–Kier alpha value is -3.53. The highest BCUT2D eigenvalue weighted by molar-refractivity contribution is 5.98. The van der Waals surface area contributed by atoms with Crippen molar-refractivity contribution < 1.29 is 42.1 Å². The topological polar surface area (TPSA) is 100 Å². The Bertz CT molecular complexity index is 931. The molecule has 1 fully saturated rings. The molecule has 0 spiro atoms. The number of carbonyl (C=O) groups is 3. The average Bonchev–Trinajstić information content (AvgIpc) is 2.75. The fraction of sp³-hybridized carbons (Fsp3) is 0.318. The molecule has 0 aromatic heterocycles. The van der Waals surface area contributed by atoms with E-state index in [0.717, 1.165) is 5.56 Å². The lowest BCUT2D eigenvalue weighted by molar-refractivity contribution is -0.151. The number of halogens is 2. The summed E-state index contributed by atoms with van der Waals surface area (Å²) in [5, 5.41) is 2.63. The summed E-state index contributed by atoms with van der Waals surface area (Å²) in [7, 11) is 0. The Morgan fingerprint density at radius 3 is 2.28 bits per heavy atom. The van der Waals surface area contributed by atoms with Crippen molar-refractivity contribution in [1.29, 1.82) is 0 Å². The fourth-order valence-corrected chi connectivity index (χ4v) is 2.92. The first-order valence-electron chi connectivity index (χ1n) is 9.65. The zero-order valence-corrected chi connectivity index (χ0v) is 16.9. The van der Waals surface area contributed by atoms with E-state index in [0.29, 0.717) is 0 Å². The van der Waals surface area contributed by atoms with E-state index in [1.54, 1.807) is 0 Å². The van der Waals surface area contributed by atoms with E-state index in [4.69, 9.17) is 14.2 Å². The number of hydrogen-bond donors (Lipinski definition) is 1. The van der Waals surface area contributed by atoms with Crippen molar-refractivity contribution in [3.63, 3.8) is 0 Å². The zero-order valence-electron chi connectivity index (χ0n) is 16.9. The predicted molar refractivity (Wildman–Crippen MR) is 106 cm³/mol. The quantitative estimate of drug-likeness (QED) is 0.439. The molecular weight excluding hydrogens is 428 g/mol. The van der Waals surface area contributed by atoms with Crippen LogP contribution < -0.4 is 10.1 Å². The normalized spacial score (nSPS) is 14.2. The van der Waals surface area contributed by atoms with Gasteiger partial charge in [-0.1, -0.05) is 30.3 Å². The number of hydrogen-bond acceptors (Lipinski definition) is 7. The molecule has 0 unspecified atom stereocenters.